The average molecular weight is 336 g/mol. The lowest BCUT2D eigenvalue weighted by molar-refractivity contribution is -0.964. The molecule has 0 aromatic rings. The molecule has 5 nitrogen and oxygen atoms in total. The fourth-order valence-corrected chi connectivity index (χ4v) is 4.57. The molecule has 1 aliphatic heterocycles. The van der Waals surface area contributed by atoms with Gasteiger partial charge in [0, 0.05) is 12.8 Å². The van der Waals surface area contributed by atoms with Crippen molar-refractivity contribution < 1.29 is 9.22 Å². The van der Waals surface area contributed by atoms with E-state index in [9.17, 15) is 0 Å². The van der Waals surface area contributed by atoms with Crippen molar-refractivity contribution in [3.05, 3.63) is 23.5 Å². The Hall–Kier alpha value is -1.33. The molecule has 2 rings (SSSR count). The summed E-state index contributed by atoms with van der Waals surface area (Å²) in [5.41, 5.74) is 12.8. The highest BCUT2D eigenvalue weighted by Gasteiger charge is 2.55. The van der Waals surface area contributed by atoms with Crippen LogP contribution in [0, 0.1) is 5.41 Å². The zero-order chi connectivity index (χ0) is 17.6. The average Bonchev–Trinajstić information content (AvgIpc) is 2.58. The van der Waals surface area contributed by atoms with Crippen molar-refractivity contribution in [1.29, 1.82) is 5.41 Å². The van der Waals surface area contributed by atoms with Gasteiger partial charge in [0.25, 0.3) is 0 Å². The second-order valence-corrected chi connectivity index (χ2v) is 7.28. The van der Waals surface area contributed by atoms with Crippen molar-refractivity contribution in [2.45, 2.75) is 57.9 Å². The van der Waals surface area contributed by atoms with Gasteiger partial charge in [0.05, 0.1) is 26.2 Å². The van der Waals surface area contributed by atoms with Crippen LogP contribution in [0.1, 0.15) is 52.4 Å². The molecule has 0 spiro atoms. The van der Waals surface area contributed by atoms with Crippen molar-refractivity contribution >= 4 is 5.84 Å². The Morgan fingerprint density at radius 3 is 2.58 bits per heavy atom. The maximum absolute atomic E-state index is 8.49. The molecule has 0 saturated carbocycles. The molecule has 24 heavy (non-hydrogen) atoms. The highest BCUT2D eigenvalue weighted by Crippen LogP contribution is 2.42. The van der Waals surface area contributed by atoms with Crippen LogP contribution < -0.4 is 11.5 Å². The fourth-order valence-electron chi connectivity index (χ4n) is 4.57. The molecule has 0 aromatic heterocycles. The Balaban J connectivity index is 2.38. The van der Waals surface area contributed by atoms with Gasteiger partial charge < -0.3 is 20.7 Å². The standard InChI is InChI=1S/C19H35N4O/c1-3-14-24-17-8-9-19(18(21)22,16(2)15-17)23(13-7-10-20)11-5-4-6-12-23/h8,15H,3-7,9-14,20H2,1-2H3,(H3,21,22)/q+1. The quantitative estimate of drug-likeness (QED) is 0.362. The van der Waals surface area contributed by atoms with Crippen molar-refractivity contribution in [3.63, 3.8) is 0 Å². The van der Waals surface area contributed by atoms with Crippen molar-refractivity contribution in [1.82, 2.24) is 0 Å². The van der Waals surface area contributed by atoms with E-state index in [4.69, 9.17) is 21.6 Å². The first-order chi connectivity index (χ1) is 11.5. The number of allylic oxidation sites excluding steroid dienone is 1. The smallest absolute Gasteiger partial charge is 0.182 e. The van der Waals surface area contributed by atoms with E-state index < -0.39 is 5.54 Å². The summed E-state index contributed by atoms with van der Waals surface area (Å²) < 4.78 is 6.71. The molecule has 1 fully saturated rings. The number of piperidine rings is 1. The molecule has 0 radical (unpaired) electrons. The minimum absolute atomic E-state index is 0.293. The zero-order valence-electron chi connectivity index (χ0n) is 15.4. The fraction of sp³-hybridized carbons (Fsp3) is 0.737. The van der Waals surface area contributed by atoms with Gasteiger partial charge in [0.15, 0.2) is 11.4 Å². The third-order valence-corrected chi connectivity index (χ3v) is 5.80. The van der Waals surface area contributed by atoms with Crippen LogP contribution in [0.25, 0.3) is 0 Å². The molecule has 1 unspecified atom stereocenters. The minimum Gasteiger partial charge on any atom is -0.494 e. The highest BCUT2D eigenvalue weighted by atomic mass is 16.5. The van der Waals surface area contributed by atoms with Crippen molar-refractivity contribution in [3.8, 4) is 0 Å². The summed E-state index contributed by atoms with van der Waals surface area (Å²) in [5, 5.41) is 8.49. The van der Waals surface area contributed by atoms with E-state index in [-0.39, 0.29) is 0 Å². The molecule has 136 valence electrons. The lowest BCUT2D eigenvalue weighted by Crippen LogP contribution is -2.72. The Bertz CT molecular complexity index is 505. The summed E-state index contributed by atoms with van der Waals surface area (Å²) in [6.45, 7) is 8.84. The summed E-state index contributed by atoms with van der Waals surface area (Å²) >= 11 is 0. The van der Waals surface area contributed by atoms with E-state index in [1.807, 2.05) is 0 Å². The lowest BCUT2D eigenvalue weighted by atomic mass is 9.76. The molecule has 1 saturated heterocycles. The van der Waals surface area contributed by atoms with Gasteiger partial charge in [-0.3, -0.25) is 5.41 Å². The van der Waals surface area contributed by atoms with Crippen LogP contribution in [-0.4, -0.2) is 48.6 Å². The van der Waals surface area contributed by atoms with Gasteiger partial charge in [-0.1, -0.05) is 6.92 Å². The van der Waals surface area contributed by atoms with Gasteiger partial charge >= 0.3 is 0 Å². The van der Waals surface area contributed by atoms with Crippen LogP contribution >= 0.6 is 0 Å². The van der Waals surface area contributed by atoms with E-state index in [1.54, 1.807) is 0 Å². The molecule has 0 bridgehead atoms. The van der Waals surface area contributed by atoms with Gasteiger partial charge in [-0.25, -0.2) is 0 Å². The van der Waals surface area contributed by atoms with Crippen LogP contribution in [0.4, 0.5) is 0 Å². The first-order valence-corrected chi connectivity index (χ1v) is 9.45. The highest BCUT2D eigenvalue weighted by molar-refractivity contribution is 5.90. The molecule has 1 atom stereocenters. The van der Waals surface area contributed by atoms with E-state index in [2.05, 4.69) is 26.0 Å². The lowest BCUT2D eigenvalue weighted by Gasteiger charge is -2.55. The maximum atomic E-state index is 8.49. The predicted molar refractivity (Wildman–Crippen MR) is 99.7 cm³/mol. The first kappa shape index (κ1) is 19.0. The van der Waals surface area contributed by atoms with Crippen LogP contribution in [0.3, 0.4) is 0 Å². The summed E-state index contributed by atoms with van der Waals surface area (Å²) in [7, 11) is 0. The Labute approximate surface area is 146 Å². The van der Waals surface area contributed by atoms with Gasteiger partial charge in [-0.05, 0) is 56.9 Å². The van der Waals surface area contributed by atoms with Gasteiger partial charge in [-0.2, -0.15) is 0 Å². The largest absolute Gasteiger partial charge is 0.494 e. The molecule has 1 heterocycles. The topological polar surface area (TPSA) is 85.1 Å². The normalized spacial score (nSPS) is 26.5. The van der Waals surface area contributed by atoms with Gasteiger partial charge in [0.2, 0.25) is 0 Å². The van der Waals surface area contributed by atoms with Crippen LogP contribution in [-0.2, 0) is 4.74 Å². The molecule has 0 amide bonds. The molecule has 1 aliphatic carbocycles. The number of ether oxygens (including phenoxy) is 1. The molecule has 0 aromatic carbocycles. The second-order valence-electron chi connectivity index (χ2n) is 7.28. The van der Waals surface area contributed by atoms with E-state index >= 15 is 0 Å². The molecule has 2 aliphatic rings. The Kier molecular flexibility index (Phi) is 6.47. The predicted octanol–water partition coefficient (Wildman–Crippen LogP) is 2.67. The molecule has 5 N–H and O–H groups in total. The summed E-state index contributed by atoms with van der Waals surface area (Å²) in [6.07, 6.45) is 10.7. The minimum atomic E-state index is -0.422. The van der Waals surface area contributed by atoms with Crippen LogP contribution in [0.15, 0.2) is 23.5 Å². The van der Waals surface area contributed by atoms with Crippen molar-refractivity contribution in [2.24, 2.45) is 11.5 Å². The number of quaternary nitrogens is 1. The number of nitrogens with two attached hydrogens (primary N) is 2. The number of nitrogens with zero attached hydrogens (tertiary/aromatic N) is 1. The van der Waals surface area contributed by atoms with Gasteiger partial charge in [0.1, 0.15) is 5.76 Å². The number of likely N-dealkylation sites (tertiary alicyclic amines) is 1. The third kappa shape index (κ3) is 3.38. The summed E-state index contributed by atoms with van der Waals surface area (Å²) in [5.74, 6) is 1.22. The second kappa shape index (κ2) is 8.17. The number of hydrogen-bond acceptors (Lipinski definition) is 3. The first-order valence-electron chi connectivity index (χ1n) is 9.45. The Morgan fingerprint density at radius 1 is 1.33 bits per heavy atom. The zero-order valence-corrected chi connectivity index (χ0v) is 15.4. The maximum Gasteiger partial charge on any atom is 0.182 e. The summed E-state index contributed by atoms with van der Waals surface area (Å²) in [6, 6.07) is 0. The summed E-state index contributed by atoms with van der Waals surface area (Å²) in [4.78, 5) is 0. The van der Waals surface area contributed by atoms with Crippen molar-refractivity contribution in [2.75, 3.05) is 32.8 Å². The SMILES string of the molecule is CCCOC1=CCC(C(=N)N)([N+]2(CCCN)CCCCC2)C(C)=C1. The number of nitrogens with one attached hydrogen (secondary N) is 1. The van der Waals surface area contributed by atoms with Crippen LogP contribution in [0.2, 0.25) is 0 Å². The third-order valence-electron chi connectivity index (χ3n) is 5.80. The number of hydrogen-bond donors (Lipinski definition) is 3. The number of amidine groups is 1. The van der Waals surface area contributed by atoms with E-state index in [1.165, 1.54) is 24.8 Å². The monoisotopic (exact) mass is 335 g/mol. The molecule has 5 heteroatoms. The Morgan fingerprint density at radius 2 is 2.04 bits per heavy atom. The van der Waals surface area contributed by atoms with Crippen LogP contribution in [0.5, 0.6) is 0 Å². The van der Waals surface area contributed by atoms with Gasteiger partial charge in [-0.15, -0.1) is 0 Å². The molecular formula is C19H35N4O+. The molecular weight excluding hydrogens is 300 g/mol. The van der Waals surface area contributed by atoms with E-state index in [0.29, 0.717) is 12.4 Å². The number of rotatable bonds is 8. The van der Waals surface area contributed by atoms with E-state index in [0.717, 1.165) is 55.7 Å².